The highest BCUT2D eigenvalue weighted by molar-refractivity contribution is 9.10. The summed E-state index contributed by atoms with van der Waals surface area (Å²) in [6.07, 6.45) is 4.29. The Morgan fingerprint density at radius 3 is 2.95 bits per heavy atom. The lowest BCUT2D eigenvalue weighted by molar-refractivity contribution is 0.0866. The highest BCUT2D eigenvalue weighted by Crippen LogP contribution is 2.33. The van der Waals surface area contributed by atoms with Gasteiger partial charge in [0.2, 0.25) is 0 Å². The standard InChI is InChI=1S/C16H21BrClNO/c1-11-5-6-14(17)13(8-11)15(20)19-16(10-18)7-3-4-12(2)9-16/h5-6,8,12H,3-4,7,9-10H2,1-2H3,(H,19,20). The Labute approximate surface area is 134 Å². The van der Waals surface area contributed by atoms with Crippen LogP contribution in [0, 0.1) is 12.8 Å². The zero-order valence-electron chi connectivity index (χ0n) is 12.0. The molecule has 0 heterocycles. The minimum Gasteiger partial charge on any atom is -0.345 e. The Hall–Kier alpha value is -0.540. The van der Waals surface area contributed by atoms with Gasteiger partial charge in [-0.1, -0.05) is 31.4 Å². The van der Waals surface area contributed by atoms with Crippen LogP contribution < -0.4 is 5.32 Å². The quantitative estimate of drug-likeness (QED) is 0.781. The van der Waals surface area contributed by atoms with E-state index in [1.165, 1.54) is 6.42 Å². The maximum Gasteiger partial charge on any atom is 0.252 e. The number of carbonyl (C=O) groups excluding carboxylic acids is 1. The van der Waals surface area contributed by atoms with Gasteiger partial charge >= 0.3 is 0 Å². The molecule has 1 amide bonds. The molecule has 0 spiro atoms. The summed E-state index contributed by atoms with van der Waals surface area (Å²) in [7, 11) is 0. The topological polar surface area (TPSA) is 29.1 Å². The molecule has 0 saturated heterocycles. The molecule has 1 saturated carbocycles. The Balaban J connectivity index is 2.19. The van der Waals surface area contributed by atoms with Crippen molar-refractivity contribution in [2.45, 2.75) is 45.1 Å². The molecule has 0 aromatic heterocycles. The van der Waals surface area contributed by atoms with Crippen LogP contribution in [0.2, 0.25) is 0 Å². The molecule has 20 heavy (non-hydrogen) atoms. The first-order valence-electron chi connectivity index (χ1n) is 7.10. The van der Waals surface area contributed by atoms with Crippen molar-refractivity contribution in [3.8, 4) is 0 Å². The second-order valence-electron chi connectivity index (χ2n) is 6.05. The summed E-state index contributed by atoms with van der Waals surface area (Å²) >= 11 is 9.63. The highest BCUT2D eigenvalue weighted by Gasteiger charge is 2.36. The molecule has 0 radical (unpaired) electrons. The Bertz CT molecular complexity index is 505. The van der Waals surface area contributed by atoms with Gasteiger partial charge in [0.25, 0.3) is 5.91 Å². The molecule has 1 aromatic carbocycles. The number of benzene rings is 1. The van der Waals surface area contributed by atoms with E-state index in [-0.39, 0.29) is 11.4 Å². The van der Waals surface area contributed by atoms with Crippen molar-refractivity contribution in [3.05, 3.63) is 33.8 Å². The molecule has 1 aliphatic rings. The monoisotopic (exact) mass is 357 g/mol. The molecule has 1 N–H and O–H groups in total. The number of rotatable bonds is 3. The van der Waals surface area contributed by atoms with Crippen molar-refractivity contribution in [2.24, 2.45) is 5.92 Å². The number of alkyl halides is 1. The number of nitrogens with one attached hydrogen (secondary N) is 1. The SMILES string of the molecule is Cc1ccc(Br)c(C(=O)NC2(CCl)CCCC(C)C2)c1. The first-order valence-corrected chi connectivity index (χ1v) is 8.43. The Morgan fingerprint density at radius 2 is 2.30 bits per heavy atom. The van der Waals surface area contributed by atoms with Crippen molar-refractivity contribution in [1.82, 2.24) is 5.32 Å². The molecule has 4 heteroatoms. The summed E-state index contributed by atoms with van der Waals surface area (Å²) in [5.41, 5.74) is 1.52. The fraction of sp³-hybridized carbons (Fsp3) is 0.562. The van der Waals surface area contributed by atoms with Crippen LogP contribution in [-0.4, -0.2) is 17.3 Å². The second kappa shape index (κ2) is 6.48. The van der Waals surface area contributed by atoms with Crippen LogP contribution in [0.15, 0.2) is 22.7 Å². The number of carbonyl (C=O) groups is 1. The predicted octanol–water partition coefficient (Wildman–Crippen LogP) is 4.68. The van der Waals surface area contributed by atoms with Gasteiger partial charge in [0.05, 0.1) is 11.1 Å². The van der Waals surface area contributed by atoms with Gasteiger partial charge in [0, 0.05) is 10.4 Å². The van der Waals surface area contributed by atoms with Crippen LogP contribution in [0.5, 0.6) is 0 Å². The van der Waals surface area contributed by atoms with E-state index in [0.29, 0.717) is 17.4 Å². The molecule has 0 bridgehead atoms. The normalized spacial score (nSPS) is 26.3. The van der Waals surface area contributed by atoms with Gasteiger partial charge in [-0.3, -0.25) is 4.79 Å². The van der Waals surface area contributed by atoms with E-state index in [9.17, 15) is 4.79 Å². The molecule has 1 fully saturated rings. The lowest BCUT2D eigenvalue weighted by Gasteiger charge is -2.39. The van der Waals surface area contributed by atoms with Crippen molar-refractivity contribution >= 4 is 33.4 Å². The molecule has 110 valence electrons. The summed E-state index contributed by atoms with van der Waals surface area (Å²) in [6, 6.07) is 5.82. The van der Waals surface area contributed by atoms with Crippen LogP contribution in [0.3, 0.4) is 0 Å². The third kappa shape index (κ3) is 3.56. The van der Waals surface area contributed by atoms with Crippen LogP contribution in [0.1, 0.15) is 48.5 Å². The molecule has 2 atom stereocenters. The second-order valence-corrected chi connectivity index (χ2v) is 7.17. The van der Waals surface area contributed by atoms with E-state index in [0.717, 1.165) is 29.3 Å². The molecule has 2 unspecified atom stereocenters. The lowest BCUT2D eigenvalue weighted by atomic mass is 9.77. The zero-order chi connectivity index (χ0) is 14.8. The van der Waals surface area contributed by atoms with Crippen molar-refractivity contribution in [3.63, 3.8) is 0 Å². The minimum absolute atomic E-state index is 0.0321. The maximum absolute atomic E-state index is 12.6. The third-order valence-corrected chi connectivity index (χ3v) is 5.30. The van der Waals surface area contributed by atoms with Gasteiger partial charge in [-0.05, 0) is 53.7 Å². The van der Waals surface area contributed by atoms with Crippen molar-refractivity contribution < 1.29 is 4.79 Å². The van der Waals surface area contributed by atoms with Crippen molar-refractivity contribution in [2.75, 3.05) is 5.88 Å². The van der Waals surface area contributed by atoms with Crippen LogP contribution in [0.4, 0.5) is 0 Å². The molecule has 1 aromatic rings. The smallest absolute Gasteiger partial charge is 0.252 e. The Morgan fingerprint density at radius 1 is 1.55 bits per heavy atom. The molecular weight excluding hydrogens is 338 g/mol. The number of halogens is 2. The first kappa shape index (κ1) is 15.8. The third-order valence-electron chi connectivity index (χ3n) is 4.09. The average Bonchev–Trinajstić information content (AvgIpc) is 2.41. The van der Waals surface area contributed by atoms with Crippen LogP contribution in [0.25, 0.3) is 0 Å². The number of hydrogen-bond acceptors (Lipinski definition) is 1. The van der Waals surface area contributed by atoms with Gasteiger partial charge < -0.3 is 5.32 Å². The number of amides is 1. The first-order chi connectivity index (χ1) is 9.46. The minimum atomic E-state index is -0.251. The van der Waals surface area contributed by atoms with E-state index in [1.54, 1.807) is 0 Å². The van der Waals surface area contributed by atoms with Gasteiger partial charge in [-0.2, -0.15) is 0 Å². The predicted molar refractivity (Wildman–Crippen MR) is 87.4 cm³/mol. The van der Waals surface area contributed by atoms with Gasteiger partial charge in [0.1, 0.15) is 0 Å². The summed E-state index contributed by atoms with van der Waals surface area (Å²) in [6.45, 7) is 4.22. The van der Waals surface area contributed by atoms with Crippen LogP contribution >= 0.6 is 27.5 Å². The van der Waals surface area contributed by atoms with E-state index in [4.69, 9.17) is 11.6 Å². The lowest BCUT2D eigenvalue weighted by Crippen LogP contribution is -2.52. The average molecular weight is 359 g/mol. The number of hydrogen-bond donors (Lipinski definition) is 1. The molecule has 0 aliphatic heterocycles. The molecule has 2 rings (SSSR count). The zero-order valence-corrected chi connectivity index (χ0v) is 14.4. The summed E-state index contributed by atoms with van der Waals surface area (Å²) in [4.78, 5) is 12.6. The fourth-order valence-electron chi connectivity index (χ4n) is 3.05. The van der Waals surface area contributed by atoms with E-state index >= 15 is 0 Å². The van der Waals surface area contributed by atoms with E-state index in [1.807, 2.05) is 25.1 Å². The van der Waals surface area contributed by atoms with Crippen LogP contribution in [-0.2, 0) is 0 Å². The van der Waals surface area contributed by atoms with Crippen molar-refractivity contribution in [1.29, 1.82) is 0 Å². The summed E-state index contributed by atoms with van der Waals surface area (Å²) in [5.74, 6) is 1.06. The number of aryl methyl sites for hydroxylation is 1. The fourth-order valence-corrected chi connectivity index (χ4v) is 3.79. The maximum atomic E-state index is 12.6. The van der Waals surface area contributed by atoms with Gasteiger partial charge in [-0.15, -0.1) is 11.6 Å². The van der Waals surface area contributed by atoms with E-state index < -0.39 is 0 Å². The summed E-state index contributed by atoms with van der Waals surface area (Å²) in [5, 5.41) is 3.20. The largest absolute Gasteiger partial charge is 0.345 e. The molecule has 2 nitrogen and oxygen atoms in total. The summed E-state index contributed by atoms with van der Waals surface area (Å²) < 4.78 is 0.828. The van der Waals surface area contributed by atoms with Gasteiger partial charge in [0.15, 0.2) is 0 Å². The molecular formula is C16H21BrClNO. The molecule has 1 aliphatic carbocycles. The highest BCUT2D eigenvalue weighted by atomic mass is 79.9. The van der Waals surface area contributed by atoms with E-state index in [2.05, 4.69) is 28.2 Å². The van der Waals surface area contributed by atoms with Gasteiger partial charge in [-0.25, -0.2) is 0 Å². The Kier molecular flexibility index (Phi) is 5.14.